The molecule has 7 heteroatoms. The van der Waals surface area contributed by atoms with E-state index in [0.29, 0.717) is 13.0 Å². The van der Waals surface area contributed by atoms with Crippen molar-refractivity contribution in [3.8, 4) is 0 Å². The fourth-order valence-electron chi connectivity index (χ4n) is 3.29. The van der Waals surface area contributed by atoms with Gasteiger partial charge in [0.15, 0.2) is 0 Å². The molecule has 0 saturated heterocycles. The predicted molar refractivity (Wildman–Crippen MR) is 128 cm³/mol. The third-order valence-electron chi connectivity index (χ3n) is 5.35. The quantitative estimate of drug-likeness (QED) is 0.184. The molecule has 1 amide bonds. The zero-order chi connectivity index (χ0) is 24.3. The molecule has 7 nitrogen and oxygen atoms in total. The Morgan fingerprint density at radius 3 is 1.59 bits per heavy atom. The van der Waals surface area contributed by atoms with Gasteiger partial charge >= 0.3 is 0 Å². The van der Waals surface area contributed by atoms with Gasteiger partial charge in [0.1, 0.15) is 0 Å². The molecule has 5 N–H and O–H groups in total. The zero-order valence-electron chi connectivity index (χ0n) is 20.9. The number of aliphatic hydroxyl groups is 2. The van der Waals surface area contributed by atoms with Crippen LogP contribution < -0.4 is 15.7 Å². The summed E-state index contributed by atoms with van der Waals surface area (Å²) in [5.74, 6) is -1.26. The third kappa shape index (κ3) is 31.0. The molecule has 0 radical (unpaired) electrons. The Balaban J connectivity index is 0. The first-order valence-corrected chi connectivity index (χ1v) is 13.0. The Morgan fingerprint density at radius 1 is 0.812 bits per heavy atom. The van der Waals surface area contributed by atoms with E-state index in [1.807, 2.05) is 5.32 Å². The van der Waals surface area contributed by atoms with Crippen molar-refractivity contribution in [2.24, 2.45) is 0 Å². The summed E-state index contributed by atoms with van der Waals surface area (Å²) >= 11 is 0. The van der Waals surface area contributed by atoms with Crippen LogP contribution in [-0.2, 0) is 9.59 Å². The number of aliphatic carboxylic acids is 1. The van der Waals surface area contributed by atoms with E-state index in [1.54, 1.807) is 0 Å². The van der Waals surface area contributed by atoms with Crippen LogP contribution in [0.15, 0.2) is 0 Å². The van der Waals surface area contributed by atoms with Crippen molar-refractivity contribution in [2.45, 2.75) is 123 Å². The lowest BCUT2D eigenvalue weighted by atomic mass is 10.0. The topological polar surface area (TPSA) is 126 Å². The van der Waals surface area contributed by atoms with Gasteiger partial charge < -0.3 is 30.7 Å². The number of rotatable bonds is 22. The zero-order valence-corrected chi connectivity index (χ0v) is 20.9. The summed E-state index contributed by atoms with van der Waals surface area (Å²) in [6.07, 6.45) is 19.6. The average molecular weight is 461 g/mol. The summed E-state index contributed by atoms with van der Waals surface area (Å²) in [5, 5.41) is 30.9. The van der Waals surface area contributed by atoms with Gasteiger partial charge in [-0.05, 0) is 13.3 Å². The van der Waals surface area contributed by atoms with Crippen molar-refractivity contribution in [3.05, 3.63) is 0 Å². The molecule has 0 aliphatic heterocycles. The van der Waals surface area contributed by atoms with Gasteiger partial charge in [-0.3, -0.25) is 4.79 Å². The maximum Gasteiger partial charge on any atom is 0.220 e. The molecule has 192 valence electrons. The van der Waals surface area contributed by atoms with Crippen LogP contribution >= 0.6 is 0 Å². The van der Waals surface area contributed by atoms with E-state index in [4.69, 9.17) is 10.2 Å². The van der Waals surface area contributed by atoms with Gasteiger partial charge in [-0.2, -0.15) is 0 Å². The average Bonchev–Trinajstić information content (AvgIpc) is 2.76. The number of nitrogens with one attached hydrogen (secondary N) is 1. The number of nitrogens with two attached hydrogens (primary N) is 1. The van der Waals surface area contributed by atoms with Crippen molar-refractivity contribution in [1.29, 1.82) is 0 Å². The summed E-state index contributed by atoms with van der Waals surface area (Å²) in [6, 6.07) is 0. The molecule has 0 aliphatic carbocycles. The SMILES string of the molecule is CC(O)C(=O)[O-].CCCCCCCCCCCCCCCCCC(=O)NCC[NH2+]CCO. The fraction of sp³-hybridized carbons (Fsp3) is 0.920. The number of carboxylic acid groups (broad SMARTS) is 1. The van der Waals surface area contributed by atoms with Crippen LogP contribution in [0.3, 0.4) is 0 Å². The highest BCUT2D eigenvalue weighted by molar-refractivity contribution is 5.75. The molecule has 0 spiro atoms. The normalized spacial score (nSPS) is 11.5. The second-order valence-electron chi connectivity index (χ2n) is 8.63. The summed E-state index contributed by atoms with van der Waals surface area (Å²) in [7, 11) is 0. The Bertz CT molecular complexity index is 406. The number of unbranched alkanes of at least 4 members (excludes halogenated alkanes) is 14. The Hall–Kier alpha value is -1.18. The van der Waals surface area contributed by atoms with Crippen LogP contribution in [-0.4, -0.2) is 54.4 Å². The number of carboxylic acids is 1. The first-order valence-electron chi connectivity index (χ1n) is 13.0. The summed E-state index contributed by atoms with van der Waals surface area (Å²) in [5.41, 5.74) is 0. The summed E-state index contributed by atoms with van der Waals surface area (Å²) < 4.78 is 0. The highest BCUT2D eigenvalue weighted by Crippen LogP contribution is 2.13. The molecule has 0 aliphatic rings. The summed E-state index contributed by atoms with van der Waals surface area (Å²) in [6.45, 7) is 5.89. The van der Waals surface area contributed by atoms with Gasteiger partial charge in [-0.1, -0.05) is 96.8 Å². The molecule has 0 bridgehead atoms. The Labute approximate surface area is 196 Å². The van der Waals surface area contributed by atoms with Gasteiger partial charge in [-0.25, -0.2) is 0 Å². The van der Waals surface area contributed by atoms with E-state index >= 15 is 0 Å². The third-order valence-corrected chi connectivity index (χ3v) is 5.35. The molecular weight excluding hydrogens is 408 g/mol. The highest BCUT2D eigenvalue weighted by atomic mass is 16.4. The van der Waals surface area contributed by atoms with Crippen LogP contribution in [0, 0.1) is 0 Å². The minimum absolute atomic E-state index is 0.178. The van der Waals surface area contributed by atoms with Gasteiger partial charge in [0.25, 0.3) is 0 Å². The Kier molecular flexibility index (Phi) is 28.7. The van der Waals surface area contributed by atoms with Crippen molar-refractivity contribution < 1.29 is 30.2 Å². The lowest BCUT2D eigenvalue weighted by molar-refractivity contribution is -0.654. The summed E-state index contributed by atoms with van der Waals surface area (Å²) in [4.78, 5) is 21.0. The van der Waals surface area contributed by atoms with Crippen molar-refractivity contribution in [1.82, 2.24) is 5.32 Å². The number of carbonyl (C=O) groups is 2. The molecule has 0 aromatic rings. The molecular formula is C25H52N2O5. The maximum absolute atomic E-state index is 11.6. The molecule has 0 fully saturated rings. The molecule has 0 saturated carbocycles. The number of carbonyl (C=O) groups excluding carboxylic acids is 2. The maximum atomic E-state index is 11.6. The van der Waals surface area contributed by atoms with E-state index in [-0.39, 0.29) is 12.5 Å². The number of aliphatic hydroxyl groups excluding tert-OH is 2. The van der Waals surface area contributed by atoms with E-state index in [1.165, 1.54) is 89.9 Å². The minimum atomic E-state index is -1.44. The van der Waals surface area contributed by atoms with Crippen LogP contribution in [0.2, 0.25) is 0 Å². The second kappa shape index (κ2) is 27.9. The molecule has 0 heterocycles. The number of hydrogen-bond donors (Lipinski definition) is 4. The monoisotopic (exact) mass is 460 g/mol. The molecule has 0 aromatic heterocycles. The van der Waals surface area contributed by atoms with Gasteiger partial charge in [0, 0.05) is 6.42 Å². The molecule has 0 rings (SSSR count). The standard InChI is InChI=1S/C22H46N2O2.C3H6O3/c1-2-3-4-5-6-7-8-9-10-11-12-13-14-15-16-17-22(26)24-19-18-23-20-21-25;1-2(4)3(5)6/h23,25H,2-21H2,1H3,(H,24,26);2,4H,1H3,(H,5,6). The van der Waals surface area contributed by atoms with E-state index in [2.05, 4.69) is 12.2 Å². The van der Waals surface area contributed by atoms with Crippen molar-refractivity contribution >= 4 is 11.9 Å². The first kappa shape index (κ1) is 33.0. The van der Waals surface area contributed by atoms with Crippen LogP contribution in [0.4, 0.5) is 0 Å². The molecule has 1 unspecified atom stereocenters. The highest BCUT2D eigenvalue weighted by Gasteiger charge is 2.01. The predicted octanol–water partition coefficient (Wildman–Crippen LogP) is 2.04. The van der Waals surface area contributed by atoms with Gasteiger partial charge in [0.2, 0.25) is 5.91 Å². The number of hydrogen-bond acceptors (Lipinski definition) is 5. The van der Waals surface area contributed by atoms with Crippen LogP contribution in [0.25, 0.3) is 0 Å². The largest absolute Gasteiger partial charge is 0.547 e. The molecule has 1 atom stereocenters. The van der Waals surface area contributed by atoms with Gasteiger partial charge in [-0.15, -0.1) is 0 Å². The van der Waals surface area contributed by atoms with Crippen molar-refractivity contribution in [3.63, 3.8) is 0 Å². The van der Waals surface area contributed by atoms with E-state index < -0.39 is 12.1 Å². The first-order chi connectivity index (χ1) is 15.5. The lowest BCUT2D eigenvalue weighted by Gasteiger charge is -2.05. The number of quaternary nitrogens is 1. The van der Waals surface area contributed by atoms with Gasteiger partial charge in [0.05, 0.1) is 38.3 Å². The van der Waals surface area contributed by atoms with Crippen molar-refractivity contribution in [2.75, 3.05) is 26.2 Å². The van der Waals surface area contributed by atoms with Crippen LogP contribution in [0.1, 0.15) is 117 Å². The van der Waals surface area contributed by atoms with E-state index in [0.717, 1.165) is 26.4 Å². The number of amides is 1. The molecule has 0 aromatic carbocycles. The second-order valence-corrected chi connectivity index (χ2v) is 8.63. The minimum Gasteiger partial charge on any atom is -0.547 e. The molecule has 32 heavy (non-hydrogen) atoms. The smallest absolute Gasteiger partial charge is 0.220 e. The fourth-order valence-corrected chi connectivity index (χ4v) is 3.29. The van der Waals surface area contributed by atoms with Crippen LogP contribution in [0.5, 0.6) is 0 Å². The lowest BCUT2D eigenvalue weighted by Crippen LogP contribution is -2.86. The van der Waals surface area contributed by atoms with E-state index in [9.17, 15) is 14.7 Å². The Morgan fingerprint density at radius 2 is 1.22 bits per heavy atom.